The molecule has 7 heteroatoms. The summed E-state index contributed by atoms with van der Waals surface area (Å²) < 4.78 is 24.4. The summed E-state index contributed by atoms with van der Waals surface area (Å²) in [5.41, 5.74) is 4.60. The first-order chi connectivity index (χ1) is 11.4. The number of ether oxygens (including phenoxy) is 2. The summed E-state index contributed by atoms with van der Waals surface area (Å²) in [6.07, 6.45) is 1.93. The molecule has 6 nitrogen and oxygen atoms in total. The maximum Gasteiger partial charge on any atom is 0.338 e. The number of nitrogens with one attached hydrogen (secondary N) is 1. The average Bonchev–Trinajstić information content (AvgIpc) is 3.34. The second kappa shape index (κ2) is 6.14. The van der Waals surface area contributed by atoms with Crippen molar-refractivity contribution in [3.63, 3.8) is 0 Å². The van der Waals surface area contributed by atoms with Crippen LogP contribution in [0.5, 0.6) is 0 Å². The van der Waals surface area contributed by atoms with Crippen molar-refractivity contribution >= 4 is 11.9 Å². The molecular formula is C17H21FN2O4. The predicted octanol–water partition coefficient (Wildman–Crippen LogP) is 1.23. The van der Waals surface area contributed by atoms with Crippen molar-refractivity contribution in [1.82, 2.24) is 5.32 Å². The van der Waals surface area contributed by atoms with Crippen LogP contribution < -0.4 is 11.1 Å². The van der Waals surface area contributed by atoms with E-state index >= 15 is 0 Å². The van der Waals surface area contributed by atoms with Gasteiger partial charge < -0.3 is 20.5 Å². The Kier molecular flexibility index (Phi) is 4.31. The SMILES string of the molecule is COC(=O)c1cccc(F)c1C1(NC(=O)C2(N)CCOCC2)CC1. The van der Waals surface area contributed by atoms with E-state index < -0.39 is 22.9 Å². The Morgan fingerprint density at radius 1 is 1.25 bits per heavy atom. The number of nitrogens with two attached hydrogens (primary N) is 1. The normalized spacial score (nSPS) is 21.0. The number of rotatable bonds is 4. The molecule has 0 unspecified atom stereocenters. The lowest BCUT2D eigenvalue weighted by molar-refractivity contribution is -0.130. The summed E-state index contributed by atoms with van der Waals surface area (Å²) in [6, 6.07) is 4.23. The Balaban J connectivity index is 1.89. The first kappa shape index (κ1) is 16.9. The van der Waals surface area contributed by atoms with Crippen LogP contribution in [-0.4, -0.2) is 37.7 Å². The van der Waals surface area contributed by atoms with Crippen LogP contribution in [0.4, 0.5) is 4.39 Å². The van der Waals surface area contributed by atoms with Gasteiger partial charge in [0.1, 0.15) is 5.82 Å². The third-order valence-corrected chi connectivity index (χ3v) is 4.84. The summed E-state index contributed by atoms with van der Waals surface area (Å²) >= 11 is 0. The standard InChI is InChI=1S/C17H21FN2O4/c1-23-14(21)11-3-2-4-12(18)13(11)17(5-6-17)20-15(22)16(19)7-9-24-10-8-16/h2-4H,5-10,19H2,1H3,(H,20,22). The van der Waals surface area contributed by atoms with Gasteiger partial charge in [-0.3, -0.25) is 4.79 Å². The Morgan fingerprint density at radius 2 is 1.92 bits per heavy atom. The highest BCUT2D eigenvalue weighted by Crippen LogP contribution is 2.48. The van der Waals surface area contributed by atoms with Gasteiger partial charge in [0.2, 0.25) is 5.91 Å². The Morgan fingerprint density at radius 3 is 2.50 bits per heavy atom. The van der Waals surface area contributed by atoms with Gasteiger partial charge >= 0.3 is 5.97 Å². The Hall–Kier alpha value is -1.99. The van der Waals surface area contributed by atoms with E-state index in [1.807, 2.05) is 0 Å². The number of benzene rings is 1. The van der Waals surface area contributed by atoms with Gasteiger partial charge in [-0.05, 0) is 37.8 Å². The molecule has 24 heavy (non-hydrogen) atoms. The molecule has 1 aliphatic carbocycles. The fourth-order valence-electron chi connectivity index (χ4n) is 3.16. The van der Waals surface area contributed by atoms with E-state index in [0.29, 0.717) is 38.9 Å². The van der Waals surface area contributed by atoms with E-state index in [4.69, 9.17) is 15.2 Å². The molecule has 1 aromatic carbocycles. The van der Waals surface area contributed by atoms with Crippen LogP contribution in [0, 0.1) is 5.82 Å². The smallest absolute Gasteiger partial charge is 0.338 e. The average molecular weight is 336 g/mol. The molecule has 0 atom stereocenters. The van der Waals surface area contributed by atoms with Gasteiger partial charge in [-0.2, -0.15) is 0 Å². The Bertz CT molecular complexity index is 667. The number of halogens is 1. The molecule has 0 aromatic heterocycles. The fraction of sp³-hybridized carbons (Fsp3) is 0.529. The van der Waals surface area contributed by atoms with E-state index in [9.17, 15) is 14.0 Å². The third kappa shape index (κ3) is 2.89. The van der Waals surface area contributed by atoms with Crippen LogP contribution in [-0.2, 0) is 19.8 Å². The molecule has 1 saturated carbocycles. The monoisotopic (exact) mass is 336 g/mol. The van der Waals surface area contributed by atoms with Crippen molar-refractivity contribution in [3.05, 3.63) is 35.1 Å². The Labute approximate surface area is 139 Å². The zero-order valence-electron chi connectivity index (χ0n) is 13.6. The molecule has 1 heterocycles. The molecule has 1 saturated heterocycles. The molecule has 0 bridgehead atoms. The minimum atomic E-state index is -1.02. The third-order valence-electron chi connectivity index (χ3n) is 4.84. The van der Waals surface area contributed by atoms with Gasteiger partial charge in [-0.15, -0.1) is 0 Å². The van der Waals surface area contributed by atoms with E-state index in [1.54, 1.807) is 0 Å². The molecular weight excluding hydrogens is 315 g/mol. The van der Waals surface area contributed by atoms with E-state index in [1.165, 1.54) is 25.3 Å². The van der Waals surface area contributed by atoms with Crippen molar-refractivity contribution in [1.29, 1.82) is 0 Å². The first-order valence-corrected chi connectivity index (χ1v) is 7.98. The number of amides is 1. The lowest BCUT2D eigenvalue weighted by Gasteiger charge is -2.34. The minimum absolute atomic E-state index is 0.133. The highest BCUT2D eigenvalue weighted by molar-refractivity contribution is 5.93. The molecule has 1 aliphatic heterocycles. The van der Waals surface area contributed by atoms with Gasteiger partial charge in [0.05, 0.1) is 23.8 Å². The van der Waals surface area contributed by atoms with Crippen LogP contribution >= 0.6 is 0 Å². The highest BCUT2D eigenvalue weighted by Gasteiger charge is 2.52. The van der Waals surface area contributed by atoms with Crippen molar-refractivity contribution in [3.8, 4) is 0 Å². The number of hydrogen-bond donors (Lipinski definition) is 2. The van der Waals surface area contributed by atoms with Crippen LogP contribution in [0.15, 0.2) is 18.2 Å². The number of carbonyl (C=O) groups excluding carboxylic acids is 2. The van der Waals surface area contributed by atoms with Gasteiger partial charge in [0, 0.05) is 18.8 Å². The minimum Gasteiger partial charge on any atom is -0.465 e. The molecule has 1 amide bonds. The van der Waals surface area contributed by atoms with E-state index in [-0.39, 0.29) is 17.0 Å². The summed E-state index contributed by atoms with van der Waals surface area (Å²) in [5.74, 6) is -1.49. The molecule has 1 aromatic rings. The fourth-order valence-corrected chi connectivity index (χ4v) is 3.16. The summed E-state index contributed by atoms with van der Waals surface area (Å²) in [5, 5.41) is 2.89. The van der Waals surface area contributed by atoms with Crippen LogP contribution in [0.2, 0.25) is 0 Å². The highest BCUT2D eigenvalue weighted by atomic mass is 19.1. The van der Waals surface area contributed by atoms with Crippen molar-refractivity contribution in [2.75, 3.05) is 20.3 Å². The molecule has 130 valence electrons. The predicted molar refractivity (Wildman–Crippen MR) is 83.8 cm³/mol. The van der Waals surface area contributed by atoms with Crippen LogP contribution in [0.1, 0.15) is 41.6 Å². The number of methoxy groups -OCH3 is 1. The number of carbonyl (C=O) groups is 2. The summed E-state index contributed by atoms with van der Waals surface area (Å²) in [7, 11) is 1.24. The van der Waals surface area contributed by atoms with Gasteiger partial charge in [0.25, 0.3) is 0 Å². The summed E-state index contributed by atoms with van der Waals surface area (Å²) in [4.78, 5) is 24.6. The largest absolute Gasteiger partial charge is 0.465 e. The lowest BCUT2D eigenvalue weighted by Crippen LogP contribution is -2.59. The zero-order valence-corrected chi connectivity index (χ0v) is 13.6. The van der Waals surface area contributed by atoms with Crippen molar-refractivity contribution in [2.24, 2.45) is 5.73 Å². The van der Waals surface area contributed by atoms with E-state index in [0.717, 1.165) is 0 Å². The van der Waals surface area contributed by atoms with Crippen LogP contribution in [0.25, 0.3) is 0 Å². The summed E-state index contributed by atoms with van der Waals surface area (Å²) in [6.45, 7) is 0.841. The molecule has 0 radical (unpaired) electrons. The van der Waals surface area contributed by atoms with Crippen LogP contribution in [0.3, 0.4) is 0 Å². The quantitative estimate of drug-likeness (QED) is 0.807. The second-order valence-electron chi connectivity index (χ2n) is 6.46. The topological polar surface area (TPSA) is 90.7 Å². The molecule has 2 aliphatic rings. The van der Waals surface area contributed by atoms with Crippen molar-refractivity contribution in [2.45, 2.75) is 36.8 Å². The zero-order chi connectivity index (χ0) is 17.4. The maximum absolute atomic E-state index is 14.5. The van der Waals surface area contributed by atoms with Gasteiger partial charge in [-0.25, -0.2) is 9.18 Å². The first-order valence-electron chi connectivity index (χ1n) is 7.98. The molecule has 3 N–H and O–H groups in total. The second-order valence-corrected chi connectivity index (χ2v) is 6.46. The van der Waals surface area contributed by atoms with Gasteiger partial charge in [-0.1, -0.05) is 6.07 Å². The number of hydrogen-bond acceptors (Lipinski definition) is 5. The van der Waals surface area contributed by atoms with Gasteiger partial charge in [0.15, 0.2) is 0 Å². The number of esters is 1. The maximum atomic E-state index is 14.5. The lowest BCUT2D eigenvalue weighted by atomic mass is 9.89. The van der Waals surface area contributed by atoms with Crippen molar-refractivity contribution < 1.29 is 23.5 Å². The molecule has 3 rings (SSSR count). The van der Waals surface area contributed by atoms with E-state index in [2.05, 4.69) is 5.32 Å². The molecule has 0 spiro atoms. The molecule has 2 fully saturated rings.